The van der Waals surface area contributed by atoms with Gasteiger partial charge in [0, 0.05) is 43.9 Å². The number of halogens is 2. The van der Waals surface area contributed by atoms with E-state index in [2.05, 4.69) is 20.6 Å². The average molecular weight is 362 g/mol. The molecule has 0 aliphatic carbocycles. The summed E-state index contributed by atoms with van der Waals surface area (Å²) in [6, 6.07) is 4.55. The zero-order valence-corrected chi connectivity index (χ0v) is 13.8. The number of rotatable bonds is 6. The number of benzene rings is 1. The number of aromatic amines is 1. The fourth-order valence-electron chi connectivity index (χ4n) is 2.31. The second-order valence-electron chi connectivity index (χ2n) is 5.29. The summed E-state index contributed by atoms with van der Waals surface area (Å²) >= 11 is 0. The Labute approximate surface area is 147 Å². The smallest absolute Gasteiger partial charge is 0.319 e. The van der Waals surface area contributed by atoms with Crippen molar-refractivity contribution in [1.29, 1.82) is 0 Å². The molecule has 0 radical (unpaired) electrons. The molecule has 0 unspecified atom stereocenters. The van der Waals surface area contributed by atoms with Crippen LogP contribution in [0.4, 0.5) is 19.3 Å². The molecule has 0 spiro atoms. The third-order valence-electron chi connectivity index (χ3n) is 3.48. The van der Waals surface area contributed by atoms with Gasteiger partial charge in [-0.1, -0.05) is 0 Å². The van der Waals surface area contributed by atoms with Crippen LogP contribution in [-0.2, 0) is 4.74 Å². The van der Waals surface area contributed by atoms with E-state index in [1.165, 1.54) is 19.4 Å². The van der Waals surface area contributed by atoms with Crippen molar-refractivity contribution < 1.29 is 23.0 Å². The number of aromatic nitrogens is 2. The molecule has 3 rings (SSSR count). The molecule has 0 atom stereocenters. The fraction of sp³-hybridized carbons (Fsp3) is 0.176. The maximum atomic E-state index is 14.3. The van der Waals surface area contributed by atoms with E-state index in [4.69, 9.17) is 9.47 Å². The van der Waals surface area contributed by atoms with Gasteiger partial charge in [-0.3, -0.25) is 0 Å². The van der Waals surface area contributed by atoms with E-state index in [9.17, 15) is 13.6 Å². The lowest BCUT2D eigenvalue weighted by molar-refractivity contribution is 0.198. The molecule has 7 nitrogen and oxygen atoms in total. The molecule has 3 aromatic rings. The monoisotopic (exact) mass is 362 g/mol. The molecule has 2 aromatic heterocycles. The predicted octanol–water partition coefficient (Wildman–Crippen LogP) is 3.40. The molecule has 136 valence electrons. The number of pyridine rings is 1. The van der Waals surface area contributed by atoms with Crippen molar-refractivity contribution in [2.45, 2.75) is 0 Å². The highest BCUT2D eigenvalue weighted by Gasteiger charge is 2.16. The van der Waals surface area contributed by atoms with Crippen LogP contribution in [0, 0.1) is 11.6 Å². The van der Waals surface area contributed by atoms with Crippen molar-refractivity contribution in [3.05, 3.63) is 48.3 Å². The second kappa shape index (κ2) is 7.79. The zero-order chi connectivity index (χ0) is 18.5. The first-order valence-corrected chi connectivity index (χ1v) is 7.71. The number of carbonyl (C=O) groups excluding carboxylic acids is 1. The normalized spacial score (nSPS) is 10.7. The summed E-state index contributed by atoms with van der Waals surface area (Å²) in [6.45, 7) is 0.589. The maximum Gasteiger partial charge on any atom is 0.319 e. The molecule has 0 saturated heterocycles. The van der Waals surface area contributed by atoms with E-state index >= 15 is 0 Å². The Kier molecular flexibility index (Phi) is 5.28. The Balaban J connectivity index is 1.77. The van der Waals surface area contributed by atoms with Crippen molar-refractivity contribution in [3.8, 4) is 11.5 Å². The summed E-state index contributed by atoms with van der Waals surface area (Å²) in [6.07, 6.45) is 3.11. The number of anilines is 1. The lowest BCUT2D eigenvalue weighted by Crippen LogP contribution is -2.31. The Morgan fingerprint density at radius 1 is 1.27 bits per heavy atom. The number of H-pyrrole nitrogens is 1. The van der Waals surface area contributed by atoms with Gasteiger partial charge in [0.15, 0.2) is 17.4 Å². The second-order valence-corrected chi connectivity index (χ2v) is 5.29. The van der Waals surface area contributed by atoms with Crippen LogP contribution in [0.2, 0.25) is 0 Å². The summed E-state index contributed by atoms with van der Waals surface area (Å²) in [4.78, 5) is 18.6. The summed E-state index contributed by atoms with van der Waals surface area (Å²) in [5.74, 6) is -2.20. The molecule has 0 fully saturated rings. The van der Waals surface area contributed by atoms with Gasteiger partial charge in [0.25, 0.3) is 0 Å². The molecule has 26 heavy (non-hydrogen) atoms. The number of methoxy groups -OCH3 is 1. The molecule has 2 heterocycles. The van der Waals surface area contributed by atoms with Gasteiger partial charge < -0.3 is 25.1 Å². The third-order valence-corrected chi connectivity index (χ3v) is 3.48. The van der Waals surface area contributed by atoms with Gasteiger partial charge in [-0.25, -0.2) is 18.6 Å². The molecule has 9 heteroatoms. The number of amides is 2. The van der Waals surface area contributed by atoms with E-state index in [1.54, 1.807) is 12.3 Å². The number of urea groups is 1. The van der Waals surface area contributed by atoms with Crippen molar-refractivity contribution >= 4 is 22.8 Å². The van der Waals surface area contributed by atoms with Gasteiger partial charge in [-0.05, 0) is 12.1 Å². The van der Waals surface area contributed by atoms with Gasteiger partial charge in [0.05, 0.1) is 12.0 Å². The largest absolute Gasteiger partial charge is 0.450 e. The highest BCUT2D eigenvalue weighted by molar-refractivity contribution is 5.89. The minimum absolute atomic E-state index is 0.0382. The Bertz CT molecular complexity index is 906. The lowest BCUT2D eigenvalue weighted by Gasteiger charge is -2.12. The number of carbonyl (C=O) groups is 1. The highest BCUT2D eigenvalue weighted by Crippen LogP contribution is 2.33. The van der Waals surface area contributed by atoms with Crippen LogP contribution < -0.4 is 15.4 Å². The molecular formula is C17H16F2N4O3. The molecule has 3 N–H and O–H groups in total. The van der Waals surface area contributed by atoms with E-state index in [0.717, 1.165) is 12.1 Å². The lowest BCUT2D eigenvalue weighted by atomic mass is 10.2. The number of nitrogens with zero attached hydrogens (tertiary/aromatic N) is 1. The van der Waals surface area contributed by atoms with Gasteiger partial charge in [0.2, 0.25) is 0 Å². The van der Waals surface area contributed by atoms with Crippen molar-refractivity contribution in [1.82, 2.24) is 15.3 Å². The minimum Gasteiger partial charge on any atom is -0.450 e. The average Bonchev–Trinajstić information content (AvgIpc) is 3.08. The molecule has 0 aliphatic heterocycles. The minimum atomic E-state index is -0.947. The molecule has 1 aromatic carbocycles. The molecule has 0 aliphatic rings. The Hall–Kier alpha value is -3.20. The fourth-order valence-corrected chi connectivity index (χ4v) is 2.31. The predicted molar refractivity (Wildman–Crippen MR) is 91.4 cm³/mol. The number of ether oxygens (including phenoxy) is 2. The van der Waals surface area contributed by atoms with E-state index in [-0.39, 0.29) is 18.0 Å². The molecule has 0 bridgehead atoms. The van der Waals surface area contributed by atoms with Crippen LogP contribution in [0.5, 0.6) is 11.5 Å². The van der Waals surface area contributed by atoms with Crippen LogP contribution >= 0.6 is 0 Å². The van der Waals surface area contributed by atoms with Crippen LogP contribution in [0.3, 0.4) is 0 Å². The van der Waals surface area contributed by atoms with Crippen LogP contribution in [-0.4, -0.2) is 36.3 Å². The topological polar surface area (TPSA) is 88.3 Å². The number of nitrogens with one attached hydrogen (secondary N) is 3. The SMILES string of the molecule is COCCNC(=O)Nc1cc(F)c(Oc2ccnc3[nH]ccc23)c(F)c1. The van der Waals surface area contributed by atoms with E-state index < -0.39 is 23.4 Å². The first kappa shape index (κ1) is 17.6. The number of fused-ring (bicyclic) bond motifs is 1. The number of hydrogen-bond donors (Lipinski definition) is 3. The third kappa shape index (κ3) is 3.89. The van der Waals surface area contributed by atoms with Crippen LogP contribution in [0.25, 0.3) is 11.0 Å². The quantitative estimate of drug-likeness (QED) is 0.587. The first-order chi connectivity index (χ1) is 12.6. The van der Waals surface area contributed by atoms with E-state index in [1.807, 2.05) is 0 Å². The summed E-state index contributed by atoms with van der Waals surface area (Å²) < 4.78 is 38.8. The van der Waals surface area contributed by atoms with E-state index in [0.29, 0.717) is 17.6 Å². The van der Waals surface area contributed by atoms with Gasteiger partial charge in [-0.2, -0.15) is 0 Å². The van der Waals surface area contributed by atoms with Crippen LogP contribution in [0.15, 0.2) is 36.7 Å². The zero-order valence-electron chi connectivity index (χ0n) is 13.8. The van der Waals surface area contributed by atoms with Crippen LogP contribution in [0.1, 0.15) is 0 Å². The van der Waals surface area contributed by atoms with Gasteiger partial charge in [-0.15, -0.1) is 0 Å². The molecule has 0 saturated carbocycles. The maximum absolute atomic E-state index is 14.3. The standard InChI is InChI=1S/C17H16F2N4O3/c1-25-7-6-22-17(24)23-10-8-12(18)15(13(19)9-10)26-14-3-5-21-16-11(14)2-4-20-16/h2-5,8-9H,6-7H2,1H3,(H,20,21)(H2,22,23,24). The van der Waals surface area contributed by atoms with Gasteiger partial charge >= 0.3 is 6.03 Å². The Morgan fingerprint density at radius 3 is 2.77 bits per heavy atom. The van der Waals surface area contributed by atoms with Crippen molar-refractivity contribution in [2.75, 3.05) is 25.6 Å². The summed E-state index contributed by atoms with van der Waals surface area (Å²) in [5, 5.41) is 5.41. The first-order valence-electron chi connectivity index (χ1n) is 7.71. The Morgan fingerprint density at radius 2 is 2.04 bits per heavy atom. The summed E-state index contributed by atoms with van der Waals surface area (Å²) in [7, 11) is 1.49. The van der Waals surface area contributed by atoms with Crippen molar-refractivity contribution in [2.24, 2.45) is 0 Å². The molecular weight excluding hydrogens is 346 g/mol. The molecule has 2 amide bonds. The highest BCUT2D eigenvalue weighted by atomic mass is 19.1. The van der Waals surface area contributed by atoms with Crippen molar-refractivity contribution in [3.63, 3.8) is 0 Å². The van der Waals surface area contributed by atoms with Gasteiger partial charge in [0.1, 0.15) is 11.4 Å². The number of hydrogen-bond acceptors (Lipinski definition) is 4. The summed E-state index contributed by atoms with van der Waals surface area (Å²) in [5.41, 5.74) is 0.498.